The second-order valence-corrected chi connectivity index (χ2v) is 8.09. The molecule has 1 fully saturated rings. The molecular formula is C24H32FN3O5. The summed E-state index contributed by atoms with van der Waals surface area (Å²) in [4.78, 5) is 42.0. The van der Waals surface area contributed by atoms with E-state index in [4.69, 9.17) is 9.47 Å². The van der Waals surface area contributed by atoms with E-state index in [1.54, 1.807) is 26.0 Å². The lowest BCUT2D eigenvalue weighted by molar-refractivity contribution is -0.150. The lowest BCUT2D eigenvalue weighted by Crippen LogP contribution is -2.51. The Bertz CT molecular complexity index is 902. The number of ether oxygens (including phenoxy) is 2. The van der Waals surface area contributed by atoms with Gasteiger partial charge in [0.2, 0.25) is 0 Å². The van der Waals surface area contributed by atoms with Crippen LogP contribution in [0.1, 0.15) is 45.2 Å². The van der Waals surface area contributed by atoms with Crippen LogP contribution in [-0.2, 0) is 19.1 Å². The quantitative estimate of drug-likeness (QED) is 0.599. The number of urea groups is 1. The number of amides is 2. The third-order valence-electron chi connectivity index (χ3n) is 5.95. The molecule has 180 valence electrons. The third kappa shape index (κ3) is 5.71. The summed E-state index contributed by atoms with van der Waals surface area (Å²) in [6.45, 7) is 7.73. The fraction of sp³-hybridized carbons (Fsp3) is 0.542. The highest BCUT2D eigenvalue weighted by Gasteiger charge is 2.39. The van der Waals surface area contributed by atoms with Crippen LogP contribution in [-0.4, -0.2) is 67.2 Å². The highest BCUT2D eigenvalue weighted by molar-refractivity contribution is 5.95. The van der Waals surface area contributed by atoms with E-state index in [0.29, 0.717) is 43.1 Å². The summed E-state index contributed by atoms with van der Waals surface area (Å²) >= 11 is 0. The predicted octanol–water partition coefficient (Wildman–Crippen LogP) is 3.00. The van der Waals surface area contributed by atoms with Gasteiger partial charge in [-0.1, -0.05) is 12.1 Å². The first kappa shape index (κ1) is 24.7. The van der Waals surface area contributed by atoms with Gasteiger partial charge >= 0.3 is 18.0 Å². The average Bonchev–Trinajstić information content (AvgIpc) is 2.80. The molecule has 0 spiro atoms. The zero-order valence-electron chi connectivity index (χ0n) is 19.4. The largest absolute Gasteiger partial charge is 0.466 e. The van der Waals surface area contributed by atoms with Gasteiger partial charge in [-0.15, -0.1) is 0 Å². The van der Waals surface area contributed by atoms with Crippen molar-refractivity contribution in [2.24, 2.45) is 5.92 Å². The Morgan fingerprint density at radius 2 is 1.82 bits per heavy atom. The van der Waals surface area contributed by atoms with Crippen LogP contribution in [0.15, 0.2) is 35.5 Å². The maximum atomic E-state index is 13.5. The number of benzene rings is 1. The van der Waals surface area contributed by atoms with Crippen molar-refractivity contribution in [3.8, 4) is 0 Å². The van der Waals surface area contributed by atoms with E-state index >= 15 is 0 Å². The zero-order valence-corrected chi connectivity index (χ0v) is 19.4. The normalized spacial score (nSPS) is 21.6. The molecule has 2 atom stereocenters. The molecule has 0 radical (unpaired) electrons. The minimum absolute atomic E-state index is 0.181. The maximum Gasteiger partial charge on any atom is 0.338 e. The van der Waals surface area contributed by atoms with Crippen molar-refractivity contribution in [2.45, 2.75) is 39.7 Å². The van der Waals surface area contributed by atoms with Crippen LogP contribution in [0.25, 0.3) is 0 Å². The molecule has 0 aromatic heterocycles. The summed E-state index contributed by atoms with van der Waals surface area (Å²) in [5, 5.41) is 2.87. The van der Waals surface area contributed by atoms with Crippen molar-refractivity contribution < 1.29 is 28.2 Å². The summed E-state index contributed by atoms with van der Waals surface area (Å²) in [6, 6.07) is 4.59. The Labute approximate surface area is 193 Å². The second-order valence-electron chi connectivity index (χ2n) is 8.09. The Kier molecular flexibility index (Phi) is 8.43. The molecule has 2 heterocycles. The molecule has 1 aromatic carbocycles. The van der Waals surface area contributed by atoms with E-state index in [0.717, 1.165) is 19.4 Å². The first-order valence-corrected chi connectivity index (χ1v) is 11.5. The van der Waals surface area contributed by atoms with E-state index in [-0.39, 0.29) is 24.5 Å². The van der Waals surface area contributed by atoms with Crippen LogP contribution in [0.3, 0.4) is 0 Å². The Balaban J connectivity index is 1.99. The van der Waals surface area contributed by atoms with Crippen LogP contribution < -0.4 is 5.32 Å². The summed E-state index contributed by atoms with van der Waals surface area (Å²) in [7, 11) is 0. The van der Waals surface area contributed by atoms with Gasteiger partial charge in [0.15, 0.2) is 0 Å². The minimum atomic E-state index is -0.763. The first-order chi connectivity index (χ1) is 15.9. The number of rotatable bonds is 8. The molecule has 2 aliphatic rings. The van der Waals surface area contributed by atoms with Crippen molar-refractivity contribution in [3.05, 3.63) is 46.9 Å². The van der Waals surface area contributed by atoms with Gasteiger partial charge in [0.25, 0.3) is 0 Å². The third-order valence-corrected chi connectivity index (χ3v) is 5.95. The average molecular weight is 462 g/mol. The van der Waals surface area contributed by atoms with E-state index in [2.05, 4.69) is 10.2 Å². The Hall–Kier alpha value is -2.94. The fourth-order valence-electron chi connectivity index (χ4n) is 4.43. The van der Waals surface area contributed by atoms with E-state index in [9.17, 15) is 18.8 Å². The molecule has 33 heavy (non-hydrogen) atoms. The first-order valence-electron chi connectivity index (χ1n) is 11.5. The highest BCUT2D eigenvalue weighted by atomic mass is 19.1. The molecule has 3 rings (SSSR count). The molecule has 0 aliphatic carbocycles. The van der Waals surface area contributed by atoms with Gasteiger partial charge in [-0.05, 0) is 57.9 Å². The van der Waals surface area contributed by atoms with Gasteiger partial charge in [0, 0.05) is 25.3 Å². The number of esters is 2. The molecule has 9 heteroatoms. The number of likely N-dealkylation sites (N-methyl/N-ethyl adjacent to an activating group) is 1. The summed E-state index contributed by atoms with van der Waals surface area (Å²) < 4.78 is 24.1. The molecule has 0 saturated carbocycles. The zero-order chi connectivity index (χ0) is 24.0. The maximum absolute atomic E-state index is 13.5. The number of hydrogen-bond acceptors (Lipinski definition) is 6. The smallest absolute Gasteiger partial charge is 0.338 e. The van der Waals surface area contributed by atoms with Crippen LogP contribution in [0.5, 0.6) is 0 Å². The van der Waals surface area contributed by atoms with Crippen LogP contribution in [0.2, 0.25) is 0 Å². The van der Waals surface area contributed by atoms with Crippen molar-refractivity contribution in [3.63, 3.8) is 0 Å². The SMILES string of the molecule is CCOC(=O)C1=C(CN2CCCC(C(=O)OCC)C2)N(CC)C(=O)NC1c1ccc(F)cc1. The lowest BCUT2D eigenvalue weighted by atomic mass is 9.93. The Morgan fingerprint density at radius 3 is 2.45 bits per heavy atom. The molecular weight excluding hydrogens is 429 g/mol. The van der Waals surface area contributed by atoms with E-state index in [1.807, 2.05) is 6.92 Å². The van der Waals surface area contributed by atoms with E-state index in [1.165, 1.54) is 17.0 Å². The van der Waals surface area contributed by atoms with E-state index < -0.39 is 17.8 Å². The lowest BCUT2D eigenvalue weighted by Gasteiger charge is -2.39. The second kappa shape index (κ2) is 11.3. The van der Waals surface area contributed by atoms with Gasteiger partial charge in [0.1, 0.15) is 5.82 Å². The molecule has 1 saturated heterocycles. The number of halogens is 1. The summed E-state index contributed by atoms with van der Waals surface area (Å²) in [6.07, 6.45) is 1.56. The molecule has 2 unspecified atom stereocenters. The minimum Gasteiger partial charge on any atom is -0.466 e. The van der Waals surface area contributed by atoms with Gasteiger partial charge in [-0.2, -0.15) is 0 Å². The number of carbonyl (C=O) groups is 3. The van der Waals surface area contributed by atoms with Crippen LogP contribution in [0, 0.1) is 11.7 Å². The van der Waals surface area contributed by atoms with Crippen molar-refractivity contribution in [2.75, 3.05) is 39.4 Å². The Morgan fingerprint density at radius 1 is 1.12 bits per heavy atom. The monoisotopic (exact) mass is 461 g/mol. The number of hydrogen-bond donors (Lipinski definition) is 1. The molecule has 2 amide bonds. The summed E-state index contributed by atoms with van der Waals surface area (Å²) in [5.74, 6) is -1.40. The number of likely N-dealkylation sites (tertiary alicyclic amines) is 1. The molecule has 1 aromatic rings. The summed E-state index contributed by atoms with van der Waals surface area (Å²) in [5.41, 5.74) is 1.45. The fourth-order valence-corrected chi connectivity index (χ4v) is 4.43. The molecule has 1 N–H and O–H groups in total. The molecule has 8 nitrogen and oxygen atoms in total. The predicted molar refractivity (Wildman–Crippen MR) is 120 cm³/mol. The molecule has 0 bridgehead atoms. The highest BCUT2D eigenvalue weighted by Crippen LogP contribution is 2.33. The number of piperidine rings is 1. The van der Waals surface area contributed by atoms with Gasteiger partial charge < -0.3 is 14.8 Å². The topological polar surface area (TPSA) is 88.2 Å². The van der Waals surface area contributed by atoms with Crippen LogP contribution in [0.4, 0.5) is 9.18 Å². The standard InChI is InChI=1S/C24H32FN3O5/c1-4-28-19(15-27-13-7-8-17(14-27)22(29)32-5-2)20(23(30)33-6-3)21(26-24(28)31)16-9-11-18(25)12-10-16/h9-12,17,21H,4-8,13-15H2,1-3H3,(H,26,31). The van der Waals surface area contributed by atoms with Gasteiger partial charge in [0.05, 0.1) is 30.7 Å². The molecule has 2 aliphatic heterocycles. The van der Waals surface area contributed by atoms with Crippen molar-refractivity contribution in [1.82, 2.24) is 15.1 Å². The van der Waals surface area contributed by atoms with Crippen molar-refractivity contribution >= 4 is 18.0 Å². The van der Waals surface area contributed by atoms with Crippen molar-refractivity contribution in [1.29, 1.82) is 0 Å². The van der Waals surface area contributed by atoms with Crippen LogP contribution >= 0.6 is 0 Å². The number of carbonyl (C=O) groups excluding carboxylic acids is 3. The van der Waals surface area contributed by atoms with Gasteiger partial charge in [-0.3, -0.25) is 14.6 Å². The van der Waals surface area contributed by atoms with Gasteiger partial charge in [-0.25, -0.2) is 14.0 Å². The number of nitrogens with one attached hydrogen (secondary N) is 1. The number of nitrogens with zero attached hydrogens (tertiary/aromatic N) is 2.